The maximum Gasteiger partial charge on any atom is 0.117 e. The second kappa shape index (κ2) is 4.94. The van der Waals surface area contributed by atoms with E-state index in [1.807, 2.05) is 6.92 Å². The first-order valence-electron chi connectivity index (χ1n) is 4.09. The molecule has 0 saturated carbocycles. The molecule has 1 aromatic rings. The normalized spacial score (nSPS) is 23.0. The molecule has 80 valence electrons. The highest BCUT2D eigenvalue weighted by atomic mass is 79.9. The summed E-state index contributed by atoms with van der Waals surface area (Å²) in [7, 11) is 0. The monoisotopic (exact) mass is 368 g/mol. The molecule has 4 nitrogen and oxygen atoms in total. The minimum Gasteiger partial charge on any atom is -0.204 e. The number of hydrogen-bond donors (Lipinski definition) is 0. The highest BCUT2D eigenvalue weighted by Crippen LogP contribution is 2.32. The summed E-state index contributed by atoms with van der Waals surface area (Å²) >= 11 is 9.34. The van der Waals surface area contributed by atoms with Gasteiger partial charge in [-0.3, -0.25) is 0 Å². The fraction of sp³-hybridized carbons (Fsp3) is 0.429. The lowest BCUT2D eigenvalue weighted by atomic mass is 10.2. The van der Waals surface area contributed by atoms with Crippen LogP contribution in [0.4, 0.5) is 0 Å². The van der Waals surface area contributed by atoms with Gasteiger partial charge in [0.05, 0.1) is 39.0 Å². The molecule has 15 heavy (non-hydrogen) atoms. The van der Waals surface area contributed by atoms with Gasteiger partial charge in [-0.1, -0.05) is 15.9 Å². The summed E-state index contributed by atoms with van der Waals surface area (Å²) < 4.78 is 17.8. The Bertz CT molecular complexity index is 475. The first kappa shape index (κ1) is 11.6. The number of rotatable bonds is 2. The summed E-state index contributed by atoms with van der Waals surface area (Å²) in [5, 5.41) is 0.694. The third-order valence-corrected chi connectivity index (χ3v) is 4.42. The van der Waals surface area contributed by atoms with Crippen molar-refractivity contribution in [3.05, 3.63) is 17.1 Å². The number of aromatic nitrogens is 2. The smallest absolute Gasteiger partial charge is 0.117 e. The SMILES string of the molecule is CC1N=S=N/C1=C(\Br)c1nsnc1CBr. The van der Waals surface area contributed by atoms with Gasteiger partial charge < -0.3 is 0 Å². The van der Waals surface area contributed by atoms with Crippen LogP contribution in [0.3, 0.4) is 0 Å². The quantitative estimate of drug-likeness (QED) is 0.750. The molecule has 1 aliphatic heterocycles. The Balaban J connectivity index is 2.44. The van der Waals surface area contributed by atoms with Crippen molar-refractivity contribution in [3.63, 3.8) is 0 Å². The van der Waals surface area contributed by atoms with Crippen LogP contribution >= 0.6 is 43.6 Å². The Morgan fingerprint density at radius 1 is 1.47 bits per heavy atom. The zero-order valence-corrected chi connectivity index (χ0v) is 12.5. The van der Waals surface area contributed by atoms with Gasteiger partial charge in [-0.2, -0.15) is 13.1 Å². The van der Waals surface area contributed by atoms with Crippen LogP contribution in [0, 0.1) is 0 Å². The fourth-order valence-electron chi connectivity index (χ4n) is 1.07. The first-order valence-corrected chi connectivity index (χ1v) is 7.46. The summed E-state index contributed by atoms with van der Waals surface area (Å²) in [6, 6.07) is 0.106. The van der Waals surface area contributed by atoms with E-state index in [-0.39, 0.29) is 6.04 Å². The Morgan fingerprint density at radius 2 is 2.27 bits per heavy atom. The van der Waals surface area contributed by atoms with Gasteiger partial charge in [-0.05, 0) is 22.9 Å². The van der Waals surface area contributed by atoms with Crippen molar-refractivity contribution >= 4 is 59.4 Å². The largest absolute Gasteiger partial charge is 0.204 e. The molecule has 0 saturated heterocycles. The van der Waals surface area contributed by atoms with E-state index >= 15 is 0 Å². The van der Waals surface area contributed by atoms with Gasteiger partial charge >= 0.3 is 0 Å². The van der Waals surface area contributed by atoms with E-state index in [2.05, 4.69) is 49.3 Å². The van der Waals surface area contributed by atoms with Crippen LogP contribution in [-0.4, -0.2) is 14.8 Å². The molecule has 8 heteroatoms. The molecule has 1 aromatic heterocycles. The van der Waals surface area contributed by atoms with Crippen molar-refractivity contribution in [1.82, 2.24) is 8.75 Å². The van der Waals surface area contributed by atoms with Crippen molar-refractivity contribution < 1.29 is 0 Å². The predicted octanol–water partition coefficient (Wildman–Crippen LogP) is 3.35. The average molecular weight is 370 g/mol. The van der Waals surface area contributed by atoms with Crippen LogP contribution in [0.1, 0.15) is 18.3 Å². The molecule has 0 fully saturated rings. The van der Waals surface area contributed by atoms with E-state index in [1.54, 1.807) is 0 Å². The molecule has 1 unspecified atom stereocenters. The number of alkyl halides is 1. The molecular formula is C7H6Br2N4S2. The van der Waals surface area contributed by atoms with Gasteiger partial charge in [-0.15, -0.1) is 0 Å². The molecule has 0 bridgehead atoms. The minimum atomic E-state index is 0.106. The van der Waals surface area contributed by atoms with Crippen molar-refractivity contribution in [3.8, 4) is 0 Å². The Hall–Kier alpha value is 0.0800. The number of nitrogens with zero attached hydrogens (tertiary/aromatic N) is 4. The van der Waals surface area contributed by atoms with Crippen LogP contribution in [0.25, 0.3) is 4.48 Å². The molecule has 0 radical (unpaired) electrons. The van der Waals surface area contributed by atoms with E-state index in [0.717, 1.165) is 21.6 Å². The lowest BCUT2D eigenvalue weighted by Gasteiger charge is -2.03. The molecule has 2 rings (SSSR count). The van der Waals surface area contributed by atoms with Crippen molar-refractivity contribution in [1.29, 1.82) is 0 Å². The lowest BCUT2D eigenvalue weighted by Crippen LogP contribution is -1.99. The Morgan fingerprint density at radius 3 is 2.87 bits per heavy atom. The van der Waals surface area contributed by atoms with Crippen molar-refractivity contribution in [2.75, 3.05) is 0 Å². The highest BCUT2D eigenvalue weighted by Gasteiger charge is 2.20. The van der Waals surface area contributed by atoms with Gasteiger partial charge in [0.2, 0.25) is 0 Å². The van der Waals surface area contributed by atoms with Crippen LogP contribution in [0.5, 0.6) is 0 Å². The van der Waals surface area contributed by atoms with E-state index in [9.17, 15) is 0 Å². The molecule has 0 aromatic carbocycles. The summed E-state index contributed by atoms with van der Waals surface area (Å²) in [5.74, 6) is 0. The Labute approximate surface area is 112 Å². The molecule has 0 aliphatic carbocycles. The minimum absolute atomic E-state index is 0.106. The maximum atomic E-state index is 4.25. The number of hydrogen-bond acceptors (Lipinski definition) is 5. The summed E-state index contributed by atoms with van der Waals surface area (Å²) in [6.45, 7) is 2.01. The van der Waals surface area contributed by atoms with Crippen LogP contribution in [0.2, 0.25) is 0 Å². The molecule has 0 spiro atoms. The van der Waals surface area contributed by atoms with E-state index < -0.39 is 0 Å². The third kappa shape index (κ3) is 2.27. The van der Waals surface area contributed by atoms with Gasteiger partial charge in [0.25, 0.3) is 0 Å². The van der Waals surface area contributed by atoms with E-state index in [0.29, 0.717) is 5.33 Å². The number of halogens is 2. The van der Waals surface area contributed by atoms with Crippen molar-refractivity contribution in [2.24, 2.45) is 8.73 Å². The second-order valence-electron chi connectivity index (χ2n) is 2.85. The standard InChI is InChI=1S/C7H6Br2N4S2/c1-3-6(12-14-10-3)5(9)7-4(2-8)11-15-13-7/h3H,2H2,1H3/b6-5-. The second-order valence-corrected chi connectivity index (χ2v) is 5.29. The lowest BCUT2D eigenvalue weighted by molar-refractivity contribution is 0.893. The third-order valence-electron chi connectivity index (χ3n) is 1.86. The van der Waals surface area contributed by atoms with Crippen LogP contribution in [-0.2, 0) is 16.7 Å². The summed E-state index contributed by atoms with van der Waals surface area (Å²) in [5.41, 5.74) is 2.72. The van der Waals surface area contributed by atoms with Gasteiger partial charge in [0.15, 0.2) is 0 Å². The first-order chi connectivity index (χ1) is 7.24. The molecule has 2 heterocycles. The zero-order chi connectivity index (χ0) is 10.8. The highest BCUT2D eigenvalue weighted by molar-refractivity contribution is 9.15. The topological polar surface area (TPSA) is 50.5 Å². The van der Waals surface area contributed by atoms with Gasteiger partial charge in [0.1, 0.15) is 11.7 Å². The van der Waals surface area contributed by atoms with Crippen LogP contribution < -0.4 is 0 Å². The average Bonchev–Trinajstić information content (AvgIpc) is 2.84. The Kier molecular flexibility index (Phi) is 3.81. The molecule has 1 atom stereocenters. The molecule has 1 aliphatic rings. The maximum absolute atomic E-state index is 4.25. The van der Waals surface area contributed by atoms with Gasteiger partial charge in [-0.25, -0.2) is 4.36 Å². The predicted molar refractivity (Wildman–Crippen MR) is 70.1 cm³/mol. The van der Waals surface area contributed by atoms with E-state index in [4.69, 9.17) is 0 Å². The summed E-state index contributed by atoms with van der Waals surface area (Å²) in [6.07, 6.45) is 0. The molecule has 0 N–H and O–H groups in total. The van der Waals surface area contributed by atoms with Crippen molar-refractivity contribution in [2.45, 2.75) is 18.3 Å². The van der Waals surface area contributed by atoms with E-state index in [1.165, 1.54) is 23.1 Å². The molecule has 0 amide bonds. The van der Waals surface area contributed by atoms with Gasteiger partial charge in [0, 0.05) is 5.33 Å². The fourth-order valence-corrected chi connectivity index (χ4v) is 3.79. The molecular weight excluding hydrogens is 364 g/mol. The van der Waals surface area contributed by atoms with Crippen LogP contribution in [0.15, 0.2) is 14.4 Å². The summed E-state index contributed by atoms with van der Waals surface area (Å²) in [4.78, 5) is 0. The zero-order valence-electron chi connectivity index (χ0n) is 7.65.